The van der Waals surface area contributed by atoms with Crippen molar-refractivity contribution >= 4 is 17.6 Å². The third-order valence-electron chi connectivity index (χ3n) is 3.75. The first-order valence-corrected chi connectivity index (χ1v) is 8.74. The van der Waals surface area contributed by atoms with E-state index in [2.05, 4.69) is 15.6 Å². The highest BCUT2D eigenvalue weighted by molar-refractivity contribution is 5.97. The maximum atomic E-state index is 13.0. The summed E-state index contributed by atoms with van der Waals surface area (Å²) >= 11 is 0. The van der Waals surface area contributed by atoms with Gasteiger partial charge in [0.2, 0.25) is 0 Å². The predicted octanol–water partition coefficient (Wildman–Crippen LogP) is 3.66. The summed E-state index contributed by atoms with van der Waals surface area (Å²) in [6.45, 7) is 8.21. The van der Waals surface area contributed by atoms with Crippen molar-refractivity contribution in [1.29, 1.82) is 0 Å². The van der Waals surface area contributed by atoms with Crippen LogP contribution in [-0.4, -0.2) is 33.9 Å². The van der Waals surface area contributed by atoms with Gasteiger partial charge in [0, 0.05) is 42.3 Å². The molecular formula is C20H26N4O2. The Labute approximate surface area is 154 Å². The number of nitrogens with one attached hydrogen (secondary N) is 2. The minimum absolute atomic E-state index is 0.0311. The van der Waals surface area contributed by atoms with Crippen molar-refractivity contribution in [3.63, 3.8) is 0 Å². The molecule has 26 heavy (non-hydrogen) atoms. The standard InChI is InChI=1S/C20H26N4O2/c1-14(2)22-20(26)23-18-9-5-8-17(11-18)19(25)24(15(3)4)13-16-7-6-10-21-12-16/h5-12,14-15H,13H2,1-4H3,(H2,22,23,26). The normalized spacial score (nSPS) is 10.7. The van der Waals surface area contributed by atoms with Gasteiger partial charge in [0.1, 0.15) is 0 Å². The zero-order valence-corrected chi connectivity index (χ0v) is 15.7. The predicted molar refractivity (Wildman–Crippen MR) is 103 cm³/mol. The first-order valence-electron chi connectivity index (χ1n) is 8.74. The van der Waals surface area contributed by atoms with Gasteiger partial charge < -0.3 is 15.5 Å². The summed E-state index contributed by atoms with van der Waals surface area (Å²) in [6.07, 6.45) is 3.47. The fraction of sp³-hybridized carbons (Fsp3) is 0.350. The minimum Gasteiger partial charge on any atom is -0.336 e. The van der Waals surface area contributed by atoms with Gasteiger partial charge in [-0.2, -0.15) is 0 Å². The molecule has 2 rings (SSSR count). The summed E-state index contributed by atoms with van der Waals surface area (Å²) in [5.74, 6) is -0.0863. The van der Waals surface area contributed by atoms with Crippen molar-refractivity contribution in [2.24, 2.45) is 0 Å². The molecule has 3 amide bonds. The largest absolute Gasteiger partial charge is 0.336 e. The van der Waals surface area contributed by atoms with Gasteiger partial charge in [-0.15, -0.1) is 0 Å². The van der Waals surface area contributed by atoms with E-state index in [9.17, 15) is 9.59 Å². The van der Waals surface area contributed by atoms with E-state index in [0.717, 1.165) is 5.56 Å². The molecule has 1 heterocycles. The number of rotatable bonds is 6. The molecule has 0 bridgehead atoms. The third kappa shape index (κ3) is 5.58. The Morgan fingerprint density at radius 2 is 1.88 bits per heavy atom. The third-order valence-corrected chi connectivity index (χ3v) is 3.75. The molecule has 0 aliphatic carbocycles. The van der Waals surface area contributed by atoms with Crippen LogP contribution in [0, 0.1) is 0 Å². The van der Waals surface area contributed by atoms with Crippen LogP contribution in [0.1, 0.15) is 43.6 Å². The highest BCUT2D eigenvalue weighted by Gasteiger charge is 2.19. The average molecular weight is 354 g/mol. The molecule has 0 aliphatic rings. The van der Waals surface area contributed by atoms with E-state index < -0.39 is 0 Å². The lowest BCUT2D eigenvalue weighted by atomic mass is 10.1. The molecule has 2 N–H and O–H groups in total. The van der Waals surface area contributed by atoms with E-state index >= 15 is 0 Å². The van der Waals surface area contributed by atoms with Crippen molar-refractivity contribution in [3.05, 3.63) is 59.9 Å². The number of carbonyl (C=O) groups excluding carboxylic acids is 2. The lowest BCUT2D eigenvalue weighted by Gasteiger charge is -2.27. The molecular weight excluding hydrogens is 328 g/mol. The highest BCUT2D eigenvalue weighted by atomic mass is 16.2. The molecule has 0 unspecified atom stereocenters. The SMILES string of the molecule is CC(C)NC(=O)Nc1cccc(C(=O)N(Cc2cccnc2)C(C)C)c1. The van der Waals surface area contributed by atoms with Crippen LogP contribution in [0.4, 0.5) is 10.5 Å². The Balaban J connectivity index is 2.15. The number of aromatic nitrogens is 1. The maximum absolute atomic E-state index is 13.0. The van der Waals surface area contributed by atoms with Crippen LogP contribution >= 0.6 is 0 Å². The van der Waals surface area contributed by atoms with Gasteiger partial charge in [-0.3, -0.25) is 9.78 Å². The van der Waals surface area contributed by atoms with Gasteiger partial charge in [-0.05, 0) is 57.5 Å². The molecule has 0 aliphatic heterocycles. The van der Waals surface area contributed by atoms with Crippen molar-refractivity contribution in [1.82, 2.24) is 15.2 Å². The number of urea groups is 1. The van der Waals surface area contributed by atoms with Gasteiger partial charge in [0.25, 0.3) is 5.91 Å². The van der Waals surface area contributed by atoms with Gasteiger partial charge >= 0.3 is 6.03 Å². The van der Waals surface area contributed by atoms with Crippen molar-refractivity contribution in [3.8, 4) is 0 Å². The van der Waals surface area contributed by atoms with Gasteiger partial charge in [0.15, 0.2) is 0 Å². The van der Waals surface area contributed by atoms with Gasteiger partial charge in [0.05, 0.1) is 0 Å². The first kappa shape index (κ1) is 19.4. The molecule has 0 fully saturated rings. The second-order valence-electron chi connectivity index (χ2n) is 6.72. The molecule has 1 aromatic heterocycles. The fourth-order valence-electron chi connectivity index (χ4n) is 2.50. The second kappa shape index (κ2) is 8.99. The van der Waals surface area contributed by atoms with Crippen LogP contribution in [0.2, 0.25) is 0 Å². The summed E-state index contributed by atoms with van der Waals surface area (Å²) in [4.78, 5) is 30.7. The number of anilines is 1. The monoisotopic (exact) mass is 354 g/mol. The number of amides is 3. The Kier molecular flexibility index (Phi) is 6.72. The van der Waals surface area contributed by atoms with Crippen LogP contribution in [0.3, 0.4) is 0 Å². The number of hydrogen-bond donors (Lipinski definition) is 2. The summed E-state index contributed by atoms with van der Waals surface area (Å²) in [6, 6.07) is 10.6. The number of benzene rings is 1. The molecule has 0 saturated carbocycles. The van der Waals surface area contributed by atoms with Gasteiger partial charge in [-0.25, -0.2) is 4.79 Å². The van der Waals surface area contributed by atoms with Crippen LogP contribution in [0.15, 0.2) is 48.8 Å². The van der Waals surface area contributed by atoms with E-state index in [0.29, 0.717) is 17.8 Å². The highest BCUT2D eigenvalue weighted by Crippen LogP contribution is 2.16. The molecule has 0 spiro atoms. The van der Waals surface area contributed by atoms with Crippen molar-refractivity contribution in [2.75, 3.05) is 5.32 Å². The topological polar surface area (TPSA) is 74.3 Å². The number of carbonyl (C=O) groups is 2. The molecule has 1 aromatic carbocycles. The minimum atomic E-state index is -0.291. The van der Waals surface area contributed by atoms with Crippen LogP contribution < -0.4 is 10.6 Å². The van der Waals surface area contributed by atoms with E-state index in [1.165, 1.54) is 0 Å². The summed E-state index contributed by atoms with van der Waals surface area (Å²) in [7, 11) is 0. The smallest absolute Gasteiger partial charge is 0.319 e. The molecule has 6 heteroatoms. The Hall–Kier alpha value is -2.89. The second-order valence-corrected chi connectivity index (χ2v) is 6.72. The van der Waals surface area contributed by atoms with E-state index in [4.69, 9.17) is 0 Å². The maximum Gasteiger partial charge on any atom is 0.319 e. The average Bonchev–Trinajstić information content (AvgIpc) is 2.59. The van der Waals surface area contributed by atoms with Crippen LogP contribution in [-0.2, 0) is 6.54 Å². The molecule has 0 radical (unpaired) electrons. The lowest BCUT2D eigenvalue weighted by molar-refractivity contribution is 0.0690. The van der Waals surface area contributed by atoms with Crippen LogP contribution in [0.5, 0.6) is 0 Å². The Bertz CT molecular complexity index is 744. The zero-order chi connectivity index (χ0) is 19.1. The lowest BCUT2D eigenvalue weighted by Crippen LogP contribution is -2.36. The van der Waals surface area contributed by atoms with Crippen LogP contribution in [0.25, 0.3) is 0 Å². The Morgan fingerprint density at radius 1 is 1.12 bits per heavy atom. The molecule has 0 atom stereocenters. The number of nitrogens with zero attached hydrogens (tertiary/aromatic N) is 2. The van der Waals surface area contributed by atoms with Gasteiger partial charge in [-0.1, -0.05) is 12.1 Å². The first-order chi connectivity index (χ1) is 12.4. The number of hydrogen-bond acceptors (Lipinski definition) is 3. The summed E-state index contributed by atoms with van der Waals surface area (Å²) in [5.41, 5.74) is 2.09. The number of pyridine rings is 1. The summed E-state index contributed by atoms with van der Waals surface area (Å²) in [5, 5.41) is 5.52. The molecule has 0 saturated heterocycles. The fourth-order valence-corrected chi connectivity index (χ4v) is 2.50. The van der Waals surface area contributed by atoms with E-state index in [1.807, 2.05) is 39.8 Å². The summed E-state index contributed by atoms with van der Waals surface area (Å²) < 4.78 is 0. The van der Waals surface area contributed by atoms with E-state index in [1.54, 1.807) is 41.6 Å². The molecule has 6 nitrogen and oxygen atoms in total. The molecule has 2 aromatic rings. The van der Waals surface area contributed by atoms with Crippen molar-refractivity contribution in [2.45, 2.75) is 46.3 Å². The Morgan fingerprint density at radius 3 is 2.50 bits per heavy atom. The zero-order valence-electron chi connectivity index (χ0n) is 15.7. The quantitative estimate of drug-likeness (QED) is 0.831. The van der Waals surface area contributed by atoms with Crippen molar-refractivity contribution < 1.29 is 9.59 Å². The van der Waals surface area contributed by atoms with E-state index in [-0.39, 0.29) is 24.0 Å². The molecule has 138 valence electrons.